The number of nitrogens with zero attached hydrogens (tertiary/aromatic N) is 2. The van der Waals surface area contributed by atoms with Crippen molar-refractivity contribution in [1.29, 1.82) is 0 Å². The number of benzene rings is 2. The van der Waals surface area contributed by atoms with Crippen LogP contribution in [0.15, 0.2) is 48.5 Å². The Morgan fingerprint density at radius 3 is 2.50 bits per heavy atom. The second-order valence-corrected chi connectivity index (χ2v) is 6.19. The molecule has 2 aromatic carbocycles. The van der Waals surface area contributed by atoms with E-state index in [2.05, 4.69) is 4.98 Å². The van der Waals surface area contributed by atoms with E-state index in [1.165, 1.54) is 4.90 Å². The molecule has 0 saturated carbocycles. The molecule has 1 aromatic heterocycles. The number of hydrogen-bond donors (Lipinski definition) is 0. The molecule has 0 atom stereocenters. The fraction of sp³-hybridized carbons (Fsp3) is 0.118. The molecule has 2 heterocycles. The Hall–Kier alpha value is -2.53. The van der Waals surface area contributed by atoms with Crippen LogP contribution in [0.5, 0.6) is 0 Å². The van der Waals surface area contributed by atoms with E-state index in [0.29, 0.717) is 18.5 Å². The Balaban J connectivity index is 1.78. The maximum Gasteiger partial charge on any atom is 0.234 e. The third kappa shape index (κ3) is 2.10. The number of fused-ring (bicyclic) bond motifs is 1. The molecule has 22 heavy (non-hydrogen) atoms. The Morgan fingerprint density at radius 2 is 1.73 bits per heavy atom. The van der Waals surface area contributed by atoms with Crippen molar-refractivity contribution in [3.63, 3.8) is 0 Å². The van der Waals surface area contributed by atoms with Gasteiger partial charge in [-0.1, -0.05) is 24.3 Å². The van der Waals surface area contributed by atoms with Crippen molar-refractivity contribution < 1.29 is 9.59 Å². The highest BCUT2D eigenvalue weighted by molar-refractivity contribution is 7.21. The number of carbonyl (C=O) groups excluding carboxylic acids is 2. The topological polar surface area (TPSA) is 50.3 Å². The maximum absolute atomic E-state index is 11.9. The van der Waals surface area contributed by atoms with Crippen molar-refractivity contribution in [3.8, 4) is 10.6 Å². The van der Waals surface area contributed by atoms with Crippen LogP contribution in [0.2, 0.25) is 0 Å². The number of aromatic nitrogens is 1. The molecule has 0 N–H and O–H groups in total. The Kier molecular flexibility index (Phi) is 3.01. The Morgan fingerprint density at radius 1 is 0.955 bits per heavy atom. The van der Waals surface area contributed by atoms with E-state index in [1.54, 1.807) is 17.4 Å². The number of rotatable bonds is 2. The quantitative estimate of drug-likeness (QED) is 0.679. The third-order valence-corrected chi connectivity index (χ3v) is 4.78. The SMILES string of the molecule is O=C1CCC(=O)N1c1cccc(-c2nc3ccccc3s2)c1. The standard InChI is InChI=1S/C17H12N2O2S/c20-15-8-9-16(21)19(15)12-5-3-4-11(10-12)17-18-13-6-1-2-7-14(13)22-17/h1-7,10H,8-9H2. The zero-order valence-electron chi connectivity index (χ0n) is 11.7. The minimum atomic E-state index is -0.133. The van der Waals surface area contributed by atoms with Gasteiger partial charge in [0.05, 0.1) is 15.9 Å². The van der Waals surface area contributed by atoms with Crippen LogP contribution in [0.4, 0.5) is 5.69 Å². The van der Waals surface area contributed by atoms with Gasteiger partial charge in [0.2, 0.25) is 11.8 Å². The van der Waals surface area contributed by atoms with Gasteiger partial charge in [-0.05, 0) is 24.3 Å². The highest BCUT2D eigenvalue weighted by Gasteiger charge is 2.30. The lowest BCUT2D eigenvalue weighted by atomic mass is 10.2. The molecule has 0 aliphatic carbocycles. The van der Waals surface area contributed by atoms with Crippen molar-refractivity contribution in [2.75, 3.05) is 4.90 Å². The van der Waals surface area contributed by atoms with Crippen LogP contribution in [0.1, 0.15) is 12.8 Å². The number of amides is 2. The smallest absolute Gasteiger partial charge is 0.234 e. The normalized spacial score (nSPS) is 15.0. The fourth-order valence-electron chi connectivity index (χ4n) is 2.64. The van der Waals surface area contributed by atoms with Crippen molar-refractivity contribution >= 4 is 39.1 Å². The van der Waals surface area contributed by atoms with Gasteiger partial charge in [-0.25, -0.2) is 4.98 Å². The zero-order valence-corrected chi connectivity index (χ0v) is 12.5. The molecular weight excluding hydrogens is 296 g/mol. The van der Waals surface area contributed by atoms with Gasteiger partial charge in [0.1, 0.15) is 5.01 Å². The summed E-state index contributed by atoms with van der Waals surface area (Å²) < 4.78 is 1.12. The lowest BCUT2D eigenvalue weighted by Gasteiger charge is -2.14. The molecule has 0 spiro atoms. The number of anilines is 1. The predicted octanol–water partition coefficient (Wildman–Crippen LogP) is 3.62. The fourth-order valence-corrected chi connectivity index (χ4v) is 3.60. The first-order chi connectivity index (χ1) is 10.7. The first kappa shape index (κ1) is 13.2. The van der Waals surface area contributed by atoms with Crippen molar-refractivity contribution in [2.45, 2.75) is 12.8 Å². The molecule has 0 radical (unpaired) electrons. The number of carbonyl (C=O) groups is 2. The summed E-state index contributed by atoms with van der Waals surface area (Å²) in [6.45, 7) is 0. The van der Waals surface area contributed by atoms with Crippen molar-refractivity contribution in [2.24, 2.45) is 0 Å². The summed E-state index contributed by atoms with van der Waals surface area (Å²) in [5.41, 5.74) is 2.51. The summed E-state index contributed by atoms with van der Waals surface area (Å²) in [5.74, 6) is -0.266. The predicted molar refractivity (Wildman–Crippen MR) is 86.8 cm³/mol. The van der Waals surface area contributed by atoms with E-state index in [4.69, 9.17) is 0 Å². The van der Waals surface area contributed by atoms with Gasteiger partial charge in [-0.3, -0.25) is 14.5 Å². The monoisotopic (exact) mass is 308 g/mol. The largest absolute Gasteiger partial charge is 0.274 e. The molecule has 0 bridgehead atoms. The van der Waals surface area contributed by atoms with Crippen molar-refractivity contribution in [3.05, 3.63) is 48.5 Å². The van der Waals surface area contributed by atoms with Crippen LogP contribution >= 0.6 is 11.3 Å². The third-order valence-electron chi connectivity index (χ3n) is 3.70. The minimum Gasteiger partial charge on any atom is -0.274 e. The van der Waals surface area contributed by atoms with Crippen LogP contribution in [0.25, 0.3) is 20.8 Å². The summed E-state index contributed by atoms with van der Waals surface area (Å²) >= 11 is 1.60. The molecule has 2 amide bonds. The number of imide groups is 1. The molecule has 1 aliphatic rings. The van der Waals surface area contributed by atoms with Gasteiger partial charge in [0.25, 0.3) is 0 Å². The number of hydrogen-bond acceptors (Lipinski definition) is 4. The molecule has 1 fully saturated rings. The average molecular weight is 308 g/mol. The summed E-state index contributed by atoms with van der Waals surface area (Å²) in [6.07, 6.45) is 0.592. The van der Waals surface area contributed by atoms with Gasteiger partial charge in [-0.2, -0.15) is 0 Å². The maximum atomic E-state index is 11.9. The van der Waals surface area contributed by atoms with E-state index in [1.807, 2.05) is 42.5 Å². The van der Waals surface area contributed by atoms with Crippen LogP contribution in [0, 0.1) is 0 Å². The molecule has 4 rings (SSSR count). The molecule has 1 aliphatic heterocycles. The Labute approximate surface area is 131 Å². The second kappa shape index (κ2) is 5.03. The second-order valence-electron chi connectivity index (χ2n) is 5.16. The van der Waals surface area contributed by atoms with Crippen LogP contribution in [0.3, 0.4) is 0 Å². The summed E-state index contributed by atoms with van der Waals surface area (Å²) in [7, 11) is 0. The molecule has 3 aromatic rings. The molecule has 1 saturated heterocycles. The zero-order chi connectivity index (χ0) is 15.1. The minimum absolute atomic E-state index is 0.133. The van der Waals surface area contributed by atoms with E-state index in [0.717, 1.165) is 20.8 Å². The van der Waals surface area contributed by atoms with E-state index in [-0.39, 0.29) is 11.8 Å². The van der Waals surface area contributed by atoms with E-state index >= 15 is 0 Å². The highest BCUT2D eigenvalue weighted by atomic mass is 32.1. The van der Waals surface area contributed by atoms with Crippen LogP contribution < -0.4 is 4.90 Å². The Bertz CT molecular complexity index is 851. The van der Waals surface area contributed by atoms with E-state index < -0.39 is 0 Å². The summed E-state index contributed by atoms with van der Waals surface area (Å²) in [5, 5.41) is 0.891. The van der Waals surface area contributed by atoms with E-state index in [9.17, 15) is 9.59 Å². The molecule has 0 unspecified atom stereocenters. The first-order valence-electron chi connectivity index (χ1n) is 7.04. The molecule has 108 valence electrons. The molecular formula is C17H12N2O2S. The first-order valence-corrected chi connectivity index (χ1v) is 7.86. The molecule has 5 heteroatoms. The highest BCUT2D eigenvalue weighted by Crippen LogP contribution is 2.33. The molecule has 4 nitrogen and oxygen atoms in total. The number of para-hydroxylation sites is 1. The lowest BCUT2D eigenvalue weighted by Crippen LogP contribution is -2.28. The van der Waals surface area contributed by atoms with Gasteiger partial charge in [-0.15, -0.1) is 11.3 Å². The summed E-state index contributed by atoms with van der Waals surface area (Å²) in [4.78, 5) is 29.6. The number of thiazole rings is 1. The van der Waals surface area contributed by atoms with Crippen molar-refractivity contribution in [1.82, 2.24) is 4.98 Å². The van der Waals surface area contributed by atoms with Gasteiger partial charge < -0.3 is 0 Å². The van der Waals surface area contributed by atoms with Gasteiger partial charge >= 0.3 is 0 Å². The average Bonchev–Trinajstić information content (AvgIpc) is 3.11. The van der Waals surface area contributed by atoms with Crippen LogP contribution in [-0.4, -0.2) is 16.8 Å². The lowest BCUT2D eigenvalue weighted by molar-refractivity contribution is -0.121. The van der Waals surface area contributed by atoms with Crippen LogP contribution in [-0.2, 0) is 9.59 Å². The summed E-state index contributed by atoms with van der Waals surface area (Å²) in [6, 6.07) is 15.4. The van der Waals surface area contributed by atoms with Gasteiger partial charge in [0.15, 0.2) is 0 Å². The van der Waals surface area contributed by atoms with Gasteiger partial charge in [0, 0.05) is 18.4 Å².